The van der Waals surface area contributed by atoms with Crippen LogP contribution in [0.4, 0.5) is 0 Å². The highest BCUT2D eigenvalue weighted by molar-refractivity contribution is 5.66. The molecule has 16 heavy (non-hydrogen) atoms. The molecule has 0 rings (SSSR count). The third-order valence-corrected chi connectivity index (χ3v) is 2.53. The lowest BCUT2D eigenvalue weighted by molar-refractivity contribution is -0.138. The van der Waals surface area contributed by atoms with Gasteiger partial charge < -0.3 is 10.2 Å². The Morgan fingerprint density at radius 2 is 0.812 bits per heavy atom. The highest BCUT2D eigenvalue weighted by Gasteiger charge is 1.98. The lowest BCUT2D eigenvalue weighted by Gasteiger charge is -2.00. The molecule has 0 radical (unpaired) electrons. The Morgan fingerprint density at radius 1 is 0.562 bits per heavy atom. The van der Waals surface area contributed by atoms with Crippen LogP contribution in [-0.4, -0.2) is 22.2 Å². The summed E-state index contributed by atoms with van der Waals surface area (Å²) in [7, 11) is 0. The highest BCUT2D eigenvalue weighted by Crippen LogP contribution is 2.10. The van der Waals surface area contributed by atoms with Crippen LogP contribution in [0.2, 0.25) is 0 Å². The first-order valence-corrected chi connectivity index (χ1v) is 6.06. The number of carbonyl (C=O) groups is 2. The Morgan fingerprint density at radius 3 is 1.06 bits per heavy atom. The van der Waals surface area contributed by atoms with E-state index in [-0.39, 0.29) is 12.8 Å². The lowest BCUT2D eigenvalue weighted by atomic mass is 11.1. The van der Waals surface area contributed by atoms with Crippen molar-refractivity contribution in [3.63, 3.8) is 0 Å². The van der Waals surface area contributed by atoms with E-state index in [1.165, 1.54) is 0 Å². The van der Waals surface area contributed by atoms with Crippen molar-refractivity contribution in [3.05, 3.63) is 0 Å². The van der Waals surface area contributed by atoms with E-state index in [1.807, 2.05) is 0 Å². The molecule has 0 aromatic carbocycles. The second kappa shape index (κ2) is 10.5. The van der Waals surface area contributed by atoms with Crippen LogP contribution in [-0.2, 0) is 9.59 Å². The van der Waals surface area contributed by atoms with Crippen molar-refractivity contribution in [2.45, 2.75) is 64.2 Å². The van der Waals surface area contributed by atoms with E-state index in [1.54, 1.807) is 0 Å². The van der Waals surface area contributed by atoms with Gasteiger partial charge in [0.1, 0.15) is 0 Å². The largest absolute Gasteiger partial charge is 0.481 e. The number of carboxylic acid groups (broad SMARTS) is 2. The van der Waals surface area contributed by atoms with Gasteiger partial charge in [-0.15, -0.1) is 0 Å². The summed E-state index contributed by atoms with van der Waals surface area (Å²) in [6.07, 6.45) is 8.51. The topological polar surface area (TPSA) is 74.6 Å². The molecule has 0 saturated carbocycles. The molecule has 0 amide bonds. The smallest absolute Gasteiger partial charge is 0.303 e. The van der Waals surface area contributed by atoms with Crippen molar-refractivity contribution in [1.29, 1.82) is 0 Å². The highest BCUT2D eigenvalue weighted by atomic mass is 16.5. The van der Waals surface area contributed by atoms with Crippen LogP contribution in [0, 0.1) is 0 Å². The molecule has 0 aromatic heterocycles. The van der Waals surface area contributed by atoms with Gasteiger partial charge in [-0.05, 0) is 12.8 Å². The molecule has 4 nitrogen and oxygen atoms in total. The molecule has 0 aliphatic carbocycles. The molecule has 0 heterocycles. The van der Waals surface area contributed by atoms with E-state index >= 15 is 0 Å². The minimum absolute atomic E-state index is 0.276. The SMILES string of the molecule is O=[13C](O)[13CH2][13CH2][13CH2][13CH2][13CH2][13CH2][13CH2][13CH2][13CH2][13CH2][13C](=O)O. The molecule has 0 spiro atoms. The number of aliphatic carboxylic acids is 2. The van der Waals surface area contributed by atoms with E-state index in [0.717, 1.165) is 51.4 Å². The van der Waals surface area contributed by atoms with E-state index in [2.05, 4.69) is 0 Å². The maximum absolute atomic E-state index is 10.2. The molecule has 0 unspecified atom stereocenters. The monoisotopic (exact) mass is 242 g/mol. The number of hydrogen-bond donors (Lipinski definition) is 2. The molecule has 0 saturated heterocycles. The molecule has 2 N–H and O–H groups in total. The van der Waals surface area contributed by atoms with Crippen molar-refractivity contribution >= 4 is 11.9 Å². The average molecular weight is 242 g/mol. The molecule has 94 valence electrons. The summed E-state index contributed by atoms with van der Waals surface area (Å²) in [4.78, 5) is 20.4. The van der Waals surface area contributed by atoms with Crippen LogP contribution in [0.15, 0.2) is 0 Å². The maximum Gasteiger partial charge on any atom is 0.303 e. The van der Waals surface area contributed by atoms with Crippen LogP contribution in [0.25, 0.3) is 0 Å². The summed E-state index contributed by atoms with van der Waals surface area (Å²) in [6, 6.07) is 0. The third-order valence-electron chi connectivity index (χ3n) is 2.53. The average Bonchev–Trinajstić information content (AvgIpc) is 2.20. The Hall–Kier alpha value is -1.06. The first-order chi connectivity index (χ1) is 7.63. The van der Waals surface area contributed by atoms with E-state index in [0.29, 0.717) is 0 Å². The van der Waals surface area contributed by atoms with Crippen molar-refractivity contribution in [2.75, 3.05) is 0 Å². The summed E-state index contributed by atoms with van der Waals surface area (Å²) in [6.45, 7) is 0. The van der Waals surface area contributed by atoms with Crippen molar-refractivity contribution < 1.29 is 19.8 Å². The van der Waals surface area contributed by atoms with Gasteiger partial charge in [-0.25, -0.2) is 0 Å². The molecule has 0 bridgehead atoms. The summed E-state index contributed by atoms with van der Waals surface area (Å²) < 4.78 is 0. The normalized spacial score (nSPS) is 10.2. The summed E-state index contributed by atoms with van der Waals surface area (Å²) in [5.41, 5.74) is 0. The first kappa shape index (κ1) is 14.9. The van der Waals surface area contributed by atoms with Gasteiger partial charge in [0.25, 0.3) is 0 Å². The lowest BCUT2D eigenvalue weighted by Crippen LogP contribution is -1.94. The van der Waals surface area contributed by atoms with Crippen LogP contribution in [0.3, 0.4) is 0 Å². The zero-order chi connectivity index (χ0) is 12.2. The van der Waals surface area contributed by atoms with E-state index in [9.17, 15) is 9.59 Å². The molecular weight excluding hydrogens is 220 g/mol. The van der Waals surface area contributed by atoms with Crippen LogP contribution < -0.4 is 0 Å². The van der Waals surface area contributed by atoms with Gasteiger partial charge in [-0.3, -0.25) is 9.59 Å². The predicted octanol–water partition coefficient (Wildman–Crippen LogP) is 3.06. The van der Waals surface area contributed by atoms with Crippen LogP contribution in [0.1, 0.15) is 64.2 Å². The number of unbranched alkanes of at least 4 members (excludes halogenated alkanes) is 7. The second-order valence-corrected chi connectivity index (χ2v) is 4.12. The second-order valence-electron chi connectivity index (χ2n) is 4.12. The molecule has 0 fully saturated rings. The quantitative estimate of drug-likeness (QED) is 0.431. The molecule has 0 atom stereocenters. The number of carboxylic acids is 2. The van der Waals surface area contributed by atoms with Crippen LogP contribution >= 0.6 is 0 Å². The Labute approximate surface area is 96.7 Å². The van der Waals surface area contributed by atoms with Crippen LogP contribution in [0.5, 0.6) is 0 Å². The van der Waals surface area contributed by atoms with Crippen molar-refractivity contribution in [2.24, 2.45) is 0 Å². The molecular formula is C12H22O4. The summed E-state index contributed by atoms with van der Waals surface area (Å²) >= 11 is 0. The van der Waals surface area contributed by atoms with Gasteiger partial charge >= 0.3 is 11.9 Å². The van der Waals surface area contributed by atoms with Gasteiger partial charge in [-0.1, -0.05) is 38.5 Å². The van der Waals surface area contributed by atoms with E-state index < -0.39 is 11.9 Å². The maximum atomic E-state index is 10.2. The van der Waals surface area contributed by atoms with Gasteiger partial charge in [0.05, 0.1) is 0 Å². The Bertz CT molecular complexity index is 179. The molecule has 0 aliphatic heterocycles. The van der Waals surface area contributed by atoms with Gasteiger partial charge in [0.15, 0.2) is 0 Å². The van der Waals surface area contributed by atoms with Gasteiger partial charge in [0.2, 0.25) is 0 Å². The molecule has 4 heteroatoms. The fourth-order valence-corrected chi connectivity index (χ4v) is 1.61. The fraction of sp³-hybridized carbons (Fsp3) is 0.833. The summed E-state index contributed by atoms with van der Waals surface area (Å²) in [5, 5.41) is 16.8. The minimum atomic E-state index is -0.714. The van der Waals surface area contributed by atoms with Gasteiger partial charge in [0, 0.05) is 12.8 Å². The van der Waals surface area contributed by atoms with Gasteiger partial charge in [-0.2, -0.15) is 0 Å². The summed E-state index contributed by atoms with van der Waals surface area (Å²) in [5.74, 6) is -1.43. The van der Waals surface area contributed by atoms with Crippen molar-refractivity contribution in [1.82, 2.24) is 0 Å². The molecule has 0 aliphatic rings. The van der Waals surface area contributed by atoms with Crippen molar-refractivity contribution in [3.8, 4) is 0 Å². The standard InChI is InChI=1S/C12H22O4/c13-11(14)9-7-5-3-1-2-4-6-8-10-12(15)16/h1-10H2,(H,13,14)(H,15,16)/i1+1,2+1,3+1,4+1,5+1,6+1,7+1,8+1,9+1,10+1,11+1,12+1. The fourth-order valence-electron chi connectivity index (χ4n) is 1.61. The third kappa shape index (κ3) is 12.9. The number of hydrogen-bond acceptors (Lipinski definition) is 2. The van der Waals surface area contributed by atoms with E-state index in [4.69, 9.17) is 10.2 Å². The Kier molecular flexibility index (Phi) is 9.76. The predicted molar refractivity (Wildman–Crippen MR) is 61.4 cm³/mol. The zero-order valence-electron chi connectivity index (χ0n) is 9.78. The Balaban J connectivity index is 2.98. The molecule has 0 aromatic rings. The zero-order valence-corrected chi connectivity index (χ0v) is 9.78. The minimum Gasteiger partial charge on any atom is -0.481 e. The number of rotatable bonds is 11. The first-order valence-electron chi connectivity index (χ1n) is 6.06.